The molecule has 4 aromatic rings. The lowest BCUT2D eigenvalue weighted by molar-refractivity contribution is -0.136. The average Bonchev–Trinajstić information content (AvgIpc) is 3.12. The number of hydrogen-bond donors (Lipinski definition) is 1. The van der Waals surface area contributed by atoms with Gasteiger partial charge < -0.3 is 5.32 Å². The number of amides is 1. The smallest absolute Gasteiger partial charge is 0.350 e. The highest BCUT2D eigenvalue weighted by atomic mass is 19.4. The Morgan fingerprint density at radius 1 is 1.06 bits per heavy atom. The molecule has 0 aliphatic carbocycles. The van der Waals surface area contributed by atoms with Crippen molar-refractivity contribution in [1.82, 2.24) is 19.7 Å². The Hall–Kier alpha value is -3.95. The molecule has 6 nitrogen and oxygen atoms in total. The lowest BCUT2D eigenvalue weighted by Crippen LogP contribution is -2.33. The number of fused-ring (bicyclic) bond motifs is 1. The number of nitrogens with zero attached hydrogens (tertiary/aromatic N) is 3. The van der Waals surface area contributed by atoms with E-state index in [-0.39, 0.29) is 23.3 Å². The van der Waals surface area contributed by atoms with Gasteiger partial charge in [0.15, 0.2) is 0 Å². The van der Waals surface area contributed by atoms with Gasteiger partial charge in [-0.05, 0) is 17.7 Å². The third kappa shape index (κ3) is 4.50. The number of pyridine rings is 1. The fourth-order valence-corrected chi connectivity index (χ4v) is 3.63. The predicted molar refractivity (Wildman–Crippen MR) is 114 cm³/mol. The first kappa shape index (κ1) is 22.3. The fraction of sp³-hybridized carbons (Fsp3) is 0.174. The number of rotatable bonds is 5. The number of alkyl halides is 3. The molecule has 1 N–H and O–H groups in total. The van der Waals surface area contributed by atoms with Gasteiger partial charge in [0, 0.05) is 25.2 Å². The van der Waals surface area contributed by atoms with Gasteiger partial charge in [0.25, 0.3) is 5.56 Å². The van der Waals surface area contributed by atoms with Crippen LogP contribution in [0.25, 0.3) is 22.3 Å². The number of nitrogens with one attached hydrogen (secondary N) is 1. The Kier molecular flexibility index (Phi) is 5.75. The van der Waals surface area contributed by atoms with E-state index in [4.69, 9.17) is 0 Å². The molecule has 0 spiro atoms. The summed E-state index contributed by atoms with van der Waals surface area (Å²) in [5.74, 6) is -1.01. The summed E-state index contributed by atoms with van der Waals surface area (Å²) in [6.07, 6.45) is -4.80. The van der Waals surface area contributed by atoms with Crippen LogP contribution < -0.4 is 10.9 Å². The van der Waals surface area contributed by atoms with Crippen molar-refractivity contribution in [1.29, 1.82) is 0 Å². The van der Waals surface area contributed by atoms with Crippen LogP contribution in [0.3, 0.4) is 0 Å². The maximum atomic E-state index is 13.8. The van der Waals surface area contributed by atoms with Crippen molar-refractivity contribution < 1.29 is 22.4 Å². The Labute approximate surface area is 185 Å². The van der Waals surface area contributed by atoms with E-state index in [0.29, 0.717) is 17.2 Å². The van der Waals surface area contributed by atoms with Crippen LogP contribution in [0.1, 0.15) is 11.1 Å². The minimum atomic E-state index is -4.80. The highest BCUT2D eigenvalue weighted by Gasteiger charge is 2.37. The van der Waals surface area contributed by atoms with Gasteiger partial charge in [0.1, 0.15) is 23.7 Å². The molecule has 0 atom stereocenters. The summed E-state index contributed by atoms with van der Waals surface area (Å²) in [6.45, 7) is -0.444. The second-order valence-corrected chi connectivity index (χ2v) is 7.42. The normalized spacial score (nSPS) is 11.7. The molecule has 0 radical (unpaired) electrons. The van der Waals surface area contributed by atoms with E-state index in [9.17, 15) is 27.2 Å². The van der Waals surface area contributed by atoms with E-state index in [1.165, 1.54) is 36.0 Å². The summed E-state index contributed by atoms with van der Waals surface area (Å²) in [7, 11) is 1.42. The molecule has 1 amide bonds. The van der Waals surface area contributed by atoms with Crippen molar-refractivity contribution in [3.8, 4) is 11.3 Å². The molecule has 2 heterocycles. The van der Waals surface area contributed by atoms with Crippen LogP contribution >= 0.6 is 0 Å². The van der Waals surface area contributed by atoms with Gasteiger partial charge in [0.05, 0.1) is 10.9 Å². The summed E-state index contributed by atoms with van der Waals surface area (Å²) in [6, 6.07) is 14.3. The molecule has 0 unspecified atom stereocenters. The molecule has 0 aliphatic heterocycles. The molecule has 0 saturated carbocycles. The topological polar surface area (TPSA) is 68.9 Å². The molecule has 0 bridgehead atoms. The number of hydrogen-bond acceptors (Lipinski definition) is 3. The number of carbonyl (C=O) groups is 1. The Morgan fingerprint density at radius 3 is 2.36 bits per heavy atom. The molecule has 0 aliphatic rings. The number of aryl methyl sites for hydroxylation is 1. The zero-order chi connectivity index (χ0) is 23.8. The van der Waals surface area contributed by atoms with Gasteiger partial charge >= 0.3 is 6.18 Å². The van der Waals surface area contributed by atoms with Crippen molar-refractivity contribution in [2.75, 3.05) is 0 Å². The summed E-state index contributed by atoms with van der Waals surface area (Å²) in [4.78, 5) is 25.2. The first-order chi connectivity index (χ1) is 15.6. The minimum absolute atomic E-state index is 0.0564. The molecule has 4 rings (SSSR count). The van der Waals surface area contributed by atoms with Crippen molar-refractivity contribution in [3.63, 3.8) is 0 Å². The minimum Gasteiger partial charge on any atom is -0.350 e. The van der Waals surface area contributed by atoms with Crippen LogP contribution in [0, 0.1) is 5.82 Å². The molecule has 0 fully saturated rings. The highest BCUT2D eigenvalue weighted by molar-refractivity contribution is 5.95. The van der Waals surface area contributed by atoms with Crippen molar-refractivity contribution in [3.05, 3.63) is 88.0 Å². The summed E-state index contributed by atoms with van der Waals surface area (Å²) in [5.41, 5.74) is -1.08. The first-order valence-electron chi connectivity index (χ1n) is 9.89. The summed E-state index contributed by atoms with van der Waals surface area (Å²) >= 11 is 0. The van der Waals surface area contributed by atoms with Gasteiger partial charge in [-0.2, -0.15) is 18.3 Å². The standard InChI is InChI=1S/C23H18F4N4O2/c1-30-22-20(21(29-30)15-5-3-2-4-6-15)17(23(25,26)27)11-19(33)31(22)13-18(32)28-12-14-7-9-16(24)10-8-14/h2-11H,12-13H2,1H3,(H,28,32). The number of carbonyl (C=O) groups excluding carboxylic acids is 1. The van der Waals surface area contributed by atoms with Gasteiger partial charge in [-0.15, -0.1) is 0 Å². The number of aromatic nitrogens is 3. The Morgan fingerprint density at radius 2 is 1.73 bits per heavy atom. The van der Waals surface area contributed by atoms with Crippen molar-refractivity contribution >= 4 is 16.9 Å². The largest absolute Gasteiger partial charge is 0.417 e. The molecule has 2 aromatic heterocycles. The van der Waals surface area contributed by atoms with Gasteiger partial charge in [-0.25, -0.2) is 4.39 Å². The molecule has 0 saturated heterocycles. The lowest BCUT2D eigenvalue weighted by Gasteiger charge is -2.14. The van der Waals surface area contributed by atoms with Gasteiger partial charge in [-0.1, -0.05) is 42.5 Å². The van der Waals surface area contributed by atoms with Crippen LogP contribution in [0.4, 0.5) is 17.6 Å². The second-order valence-electron chi connectivity index (χ2n) is 7.42. The number of halogens is 4. The highest BCUT2D eigenvalue weighted by Crippen LogP contribution is 2.38. The average molecular weight is 458 g/mol. The van der Waals surface area contributed by atoms with E-state index in [2.05, 4.69) is 10.4 Å². The van der Waals surface area contributed by atoms with Crippen LogP contribution in [-0.2, 0) is 31.1 Å². The molecule has 2 aromatic carbocycles. The monoisotopic (exact) mass is 458 g/mol. The molecule has 170 valence electrons. The zero-order valence-corrected chi connectivity index (χ0v) is 17.4. The fourth-order valence-electron chi connectivity index (χ4n) is 3.63. The van der Waals surface area contributed by atoms with Crippen molar-refractivity contribution in [2.24, 2.45) is 7.05 Å². The van der Waals surface area contributed by atoms with E-state index >= 15 is 0 Å². The predicted octanol–water partition coefficient (Wildman–Crippen LogP) is 3.88. The first-order valence-corrected chi connectivity index (χ1v) is 9.89. The maximum absolute atomic E-state index is 13.8. The lowest BCUT2D eigenvalue weighted by atomic mass is 10.0. The van der Waals surface area contributed by atoms with Gasteiger partial charge in [0.2, 0.25) is 5.91 Å². The molecule has 33 heavy (non-hydrogen) atoms. The molecular formula is C23H18F4N4O2. The third-order valence-electron chi connectivity index (χ3n) is 5.13. The Bertz CT molecular complexity index is 1370. The van der Waals surface area contributed by atoms with Crippen LogP contribution in [0.2, 0.25) is 0 Å². The SMILES string of the molecule is Cn1nc(-c2ccccc2)c2c(C(F)(F)F)cc(=O)n(CC(=O)NCc3ccc(F)cc3)c21. The molecular weight excluding hydrogens is 440 g/mol. The van der Waals surface area contributed by atoms with Crippen LogP contribution in [0.15, 0.2) is 65.5 Å². The third-order valence-corrected chi connectivity index (χ3v) is 5.13. The second kappa shape index (κ2) is 8.53. The summed E-state index contributed by atoms with van der Waals surface area (Å²) in [5, 5.41) is 6.56. The van der Waals surface area contributed by atoms with Crippen molar-refractivity contribution in [2.45, 2.75) is 19.3 Å². The van der Waals surface area contributed by atoms with E-state index in [0.717, 1.165) is 4.57 Å². The van der Waals surface area contributed by atoms with E-state index in [1.54, 1.807) is 30.3 Å². The molecule has 10 heteroatoms. The van der Waals surface area contributed by atoms with Crippen LogP contribution in [0.5, 0.6) is 0 Å². The Balaban J connectivity index is 1.76. The summed E-state index contributed by atoms with van der Waals surface area (Å²) < 4.78 is 56.7. The van der Waals surface area contributed by atoms with E-state index < -0.39 is 35.6 Å². The van der Waals surface area contributed by atoms with E-state index in [1.807, 2.05) is 0 Å². The van der Waals surface area contributed by atoms with Gasteiger partial charge in [-0.3, -0.25) is 18.8 Å². The van der Waals surface area contributed by atoms with Crippen LogP contribution in [-0.4, -0.2) is 20.3 Å². The quantitative estimate of drug-likeness (QED) is 0.462. The maximum Gasteiger partial charge on any atom is 0.417 e. The number of benzene rings is 2. The zero-order valence-electron chi connectivity index (χ0n) is 17.4.